The molecule has 0 aliphatic heterocycles. The number of nitrogens with one attached hydrogen (secondary N) is 3. The molecule has 0 radical (unpaired) electrons. The van der Waals surface area contributed by atoms with Gasteiger partial charge in [-0.3, -0.25) is 19.2 Å². The number of nitrogens with two attached hydrogens (primary N) is 1. The number of hydrogen-bond donors (Lipinski definition) is 8. The summed E-state index contributed by atoms with van der Waals surface area (Å²) in [6.07, 6.45) is -0.282. The Morgan fingerprint density at radius 2 is 1.53 bits per heavy atom. The Labute approximate surface area is 176 Å². The summed E-state index contributed by atoms with van der Waals surface area (Å²) < 4.78 is 0. The fourth-order valence-electron chi connectivity index (χ4n) is 2.17. The molecule has 0 rings (SSSR count). The second-order valence-electron chi connectivity index (χ2n) is 6.36. The van der Waals surface area contributed by atoms with Gasteiger partial charge in [0.15, 0.2) is 0 Å². The summed E-state index contributed by atoms with van der Waals surface area (Å²) in [6, 6.07) is -5.89. The lowest BCUT2D eigenvalue weighted by Crippen LogP contribution is -2.60. The van der Waals surface area contributed by atoms with Crippen molar-refractivity contribution in [1.82, 2.24) is 16.0 Å². The minimum atomic E-state index is -1.59. The molecule has 0 aliphatic rings. The van der Waals surface area contributed by atoms with Gasteiger partial charge < -0.3 is 42.1 Å². The van der Waals surface area contributed by atoms with Crippen molar-refractivity contribution >= 4 is 41.4 Å². The number of carboxylic acid groups (broad SMARTS) is 2. The second kappa shape index (κ2) is 13.7. The fourth-order valence-corrected chi connectivity index (χ4v) is 2.64. The van der Waals surface area contributed by atoms with E-state index >= 15 is 0 Å². The molecule has 5 atom stereocenters. The van der Waals surface area contributed by atoms with Gasteiger partial charge in [0.2, 0.25) is 17.7 Å². The zero-order chi connectivity index (χ0) is 23.4. The zero-order valence-corrected chi connectivity index (χ0v) is 17.3. The van der Waals surface area contributed by atoms with Crippen LogP contribution in [0.3, 0.4) is 0 Å². The molecule has 0 aromatic heterocycles. The Balaban J connectivity index is 5.14. The molecule has 13 nitrogen and oxygen atoms in total. The average Bonchev–Trinajstić information content (AvgIpc) is 2.65. The van der Waals surface area contributed by atoms with Crippen molar-refractivity contribution in [2.75, 3.05) is 18.6 Å². The first kappa shape index (κ1) is 27.6. The summed E-state index contributed by atoms with van der Waals surface area (Å²) in [6.45, 7) is 0.272. The SMILES string of the molecule is CSCCC(NC(=O)C(NC(=O)C(CO)NC(=O)C(N)CC(=O)O)C(C)O)C(=O)O. The third-order valence-electron chi connectivity index (χ3n) is 3.83. The van der Waals surface area contributed by atoms with E-state index in [1.807, 2.05) is 5.32 Å². The topological polar surface area (TPSA) is 228 Å². The third-order valence-corrected chi connectivity index (χ3v) is 4.48. The maximum Gasteiger partial charge on any atom is 0.326 e. The van der Waals surface area contributed by atoms with Gasteiger partial charge in [0.1, 0.15) is 18.1 Å². The maximum atomic E-state index is 12.4. The highest BCUT2D eigenvalue weighted by molar-refractivity contribution is 7.98. The molecule has 172 valence electrons. The normalized spacial score (nSPS) is 15.8. The van der Waals surface area contributed by atoms with E-state index in [0.29, 0.717) is 5.75 Å². The molecule has 5 unspecified atom stereocenters. The summed E-state index contributed by atoms with van der Waals surface area (Å²) in [5, 5.41) is 43.4. The van der Waals surface area contributed by atoms with E-state index in [0.717, 1.165) is 0 Å². The fraction of sp³-hybridized carbons (Fsp3) is 0.688. The summed E-state index contributed by atoms with van der Waals surface area (Å²) in [5.74, 6) is -5.25. The molecule has 9 N–H and O–H groups in total. The first-order valence-electron chi connectivity index (χ1n) is 8.83. The number of carboxylic acids is 2. The van der Waals surface area contributed by atoms with Gasteiger partial charge in [-0.05, 0) is 25.4 Å². The Kier molecular flexibility index (Phi) is 12.6. The first-order valence-corrected chi connectivity index (χ1v) is 10.2. The maximum absolute atomic E-state index is 12.4. The Morgan fingerprint density at radius 3 is 1.97 bits per heavy atom. The molecule has 0 aliphatic carbocycles. The molecule has 30 heavy (non-hydrogen) atoms. The first-order chi connectivity index (χ1) is 13.9. The lowest BCUT2D eigenvalue weighted by atomic mass is 10.1. The molecule has 0 saturated heterocycles. The van der Waals surface area contributed by atoms with Gasteiger partial charge in [0, 0.05) is 0 Å². The lowest BCUT2D eigenvalue weighted by Gasteiger charge is -2.25. The van der Waals surface area contributed by atoms with E-state index in [4.69, 9.17) is 10.8 Å². The number of aliphatic hydroxyl groups excluding tert-OH is 2. The molecule has 0 spiro atoms. The predicted octanol–water partition coefficient (Wildman–Crippen LogP) is -3.55. The van der Waals surface area contributed by atoms with Gasteiger partial charge in [-0.1, -0.05) is 0 Å². The molecule has 0 aromatic rings. The lowest BCUT2D eigenvalue weighted by molar-refractivity contribution is -0.143. The van der Waals surface area contributed by atoms with Crippen molar-refractivity contribution in [1.29, 1.82) is 0 Å². The molecule has 0 fully saturated rings. The number of thioether (sulfide) groups is 1. The number of rotatable bonds is 14. The standard InChI is InChI=1S/C16H28N4O9S/c1-7(22)12(15(27)18-9(16(28)29)3-4-30-2)20-14(26)10(6-21)19-13(25)8(17)5-11(23)24/h7-10,12,21-22H,3-6,17H2,1-2H3,(H,18,27)(H,19,25)(H,20,26)(H,23,24)(H,28,29). The highest BCUT2D eigenvalue weighted by Crippen LogP contribution is 2.03. The van der Waals surface area contributed by atoms with Crippen LogP contribution in [0.1, 0.15) is 19.8 Å². The predicted molar refractivity (Wildman–Crippen MR) is 105 cm³/mol. The van der Waals surface area contributed by atoms with Gasteiger partial charge in [-0.2, -0.15) is 11.8 Å². The molecule has 0 aromatic carbocycles. The number of aliphatic carboxylic acids is 2. The molecule has 14 heteroatoms. The van der Waals surface area contributed by atoms with Crippen LogP contribution in [0.4, 0.5) is 0 Å². The van der Waals surface area contributed by atoms with E-state index in [2.05, 4.69) is 10.6 Å². The van der Waals surface area contributed by atoms with Gasteiger partial charge in [-0.15, -0.1) is 0 Å². The number of amides is 3. The van der Waals surface area contributed by atoms with Crippen LogP contribution in [0.2, 0.25) is 0 Å². The summed E-state index contributed by atoms with van der Waals surface area (Å²) in [4.78, 5) is 58.4. The molecular formula is C16H28N4O9S. The van der Waals surface area contributed by atoms with Crippen LogP contribution in [0, 0.1) is 0 Å². The monoisotopic (exact) mass is 452 g/mol. The number of carbonyl (C=O) groups is 5. The van der Waals surface area contributed by atoms with Gasteiger partial charge in [0.05, 0.1) is 25.2 Å². The summed E-state index contributed by atoms with van der Waals surface area (Å²) in [7, 11) is 0. The Hall–Kier alpha value is -2.42. The summed E-state index contributed by atoms with van der Waals surface area (Å²) in [5.41, 5.74) is 5.37. The van der Waals surface area contributed by atoms with E-state index in [9.17, 15) is 39.3 Å². The van der Waals surface area contributed by atoms with Crippen LogP contribution < -0.4 is 21.7 Å². The zero-order valence-electron chi connectivity index (χ0n) is 16.5. The third kappa shape index (κ3) is 9.87. The number of aliphatic hydroxyl groups is 2. The van der Waals surface area contributed by atoms with E-state index in [-0.39, 0.29) is 6.42 Å². The number of carbonyl (C=O) groups excluding carboxylic acids is 3. The van der Waals surface area contributed by atoms with Crippen molar-refractivity contribution in [2.45, 2.75) is 50.0 Å². The van der Waals surface area contributed by atoms with E-state index < -0.39 is 73.0 Å². The van der Waals surface area contributed by atoms with Crippen molar-refractivity contribution in [3.05, 3.63) is 0 Å². The van der Waals surface area contributed by atoms with Crippen LogP contribution >= 0.6 is 11.8 Å². The quantitative estimate of drug-likeness (QED) is 0.129. The van der Waals surface area contributed by atoms with Gasteiger partial charge in [-0.25, -0.2) is 4.79 Å². The Morgan fingerprint density at radius 1 is 0.967 bits per heavy atom. The van der Waals surface area contributed by atoms with Crippen molar-refractivity contribution in [2.24, 2.45) is 5.73 Å². The highest BCUT2D eigenvalue weighted by Gasteiger charge is 2.32. The van der Waals surface area contributed by atoms with Crippen LogP contribution in [0.25, 0.3) is 0 Å². The molecule has 0 saturated carbocycles. The minimum Gasteiger partial charge on any atom is -0.481 e. The molecule has 3 amide bonds. The number of hydrogen-bond acceptors (Lipinski definition) is 9. The van der Waals surface area contributed by atoms with Crippen LogP contribution in [-0.2, 0) is 24.0 Å². The van der Waals surface area contributed by atoms with Crippen molar-refractivity contribution < 1.29 is 44.4 Å². The molecular weight excluding hydrogens is 424 g/mol. The average molecular weight is 452 g/mol. The summed E-state index contributed by atoms with van der Waals surface area (Å²) >= 11 is 1.37. The van der Waals surface area contributed by atoms with Crippen LogP contribution in [0.15, 0.2) is 0 Å². The van der Waals surface area contributed by atoms with Gasteiger partial charge in [0.25, 0.3) is 0 Å². The largest absolute Gasteiger partial charge is 0.481 e. The highest BCUT2D eigenvalue weighted by atomic mass is 32.2. The molecule has 0 heterocycles. The Bertz CT molecular complexity index is 632. The molecule has 0 bridgehead atoms. The van der Waals surface area contributed by atoms with Crippen LogP contribution in [0.5, 0.6) is 0 Å². The van der Waals surface area contributed by atoms with Crippen LogP contribution in [-0.4, -0.2) is 99.0 Å². The van der Waals surface area contributed by atoms with Crippen molar-refractivity contribution in [3.63, 3.8) is 0 Å². The smallest absolute Gasteiger partial charge is 0.326 e. The van der Waals surface area contributed by atoms with Crippen molar-refractivity contribution in [3.8, 4) is 0 Å². The van der Waals surface area contributed by atoms with Gasteiger partial charge >= 0.3 is 11.9 Å². The van der Waals surface area contributed by atoms with E-state index in [1.54, 1.807) is 6.26 Å². The second-order valence-corrected chi connectivity index (χ2v) is 7.34. The van der Waals surface area contributed by atoms with E-state index in [1.165, 1.54) is 18.7 Å². The minimum absolute atomic E-state index is 0.111.